The first kappa shape index (κ1) is 16.6. The maximum absolute atomic E-state index is 12.6. The van der Waals surface area contributed by atoms with Crippen LogP contribution in [0.4, 0.5) is 4.79 Å². The second-order valence-electron chi connectivity index (χ2n) is 5.85. The number of piperazine rings is 1. The highest BCUT2D eigenvalue weighted by Gasteiger charge is 2.38. The van der Waals surface area contributed by atoms with Gasteiger partial charge in [-0.15, -0.1) is 0 Å². The number of aliphatic carboxylic acids is 1. The van der Waals surface area contributed by atoms with Crippen LogP contribution in [-0.2, 0) is 14.3 Å². The van der Waals surface area contributed by atoms with Gasteiger partial charge in [-0.1, -0.05) is 12.8 Å². The number of carboxylic acids is 1. The third kappa shape index (κ3) is 3.69. The van der Waals surface area contributed by atoms with Crippen LogP contribution in [0.3, 0.4) is 0 Å². The number of nitrogens with zero attached hydrogens (tertiary/aromatic N) is 2. The molecule has 1 saturated carbocycles. The molecular weight excluding hydrogens is 288 g/mol. The molecule has 1 N–H and O–H groups in total. The lowest BCUT2D eigenvalue weighted by atomic mass is 9.78. The molecule has 2 rings (SSSR count). The number of amides is 2. The lowest BCUT2D eigenvalue weighted by Crippen LogP contribution is -2.53. The summed E-state index contributed by atoms with van der Waals surface area (Å²) in [4.78, 5) is 38.8. The van der Waals surface area contributed by atoms with Crippen LogP contribution < -0.4 is 0 Å². The van der Waals surface area contributed by atoms with Gasteiger partial charge < -0.3 is 19.6 Å². The summed E-state index contributed by atoms with van der Waals surface area (Å²) in [5.41, 5.74) is 0. The predicted molar refractivity (Wildman–Crippen MR) is 78.3 cm³/mol. The molecule has 0 aromatic carbocycles. The van der Waals surface area contributed by atoms with Gasteiger partial charge in [0.05, 0.1) is 18.4 Å². The zero-order valence-electron chi connectivity index (χ0n) is 13.0. The van der Waals surface area contributed by atoms with Gasteiger partial charge in [0.25, 0.3) is 0 Å². The Bertz CT molecular complexity index is 432. The Morgan fingerprint density at radius 2 is 1.55 bits per heavy atom. The number of hydrogen-bond acceptors (Lipinski definition) is 4. The number of rotatable bonds is 3. The van der Waals surface area contributed by atoms with Crippen LogP contribution >= 0.6 is 0 Å². The molecule has 7 heteroatoms. The Labute approximate surface area is 130 Å². The average molecular weight is 312 g/mol. The molecule has 2 aliphatic rings. The van der Waals surface area contributed by atoms with Gasteiger partial charge in [0.2, 0.25) is 5.91 Å². The minimum absolute atomic E-state index is 0.0735. The zero-order valence-corrected chi connectivity index (χ0v) is 13.0. The molecule has 0 aromatic heterocycles. The summed E-state index contributed by atoms with van der Waals surface area (Å²) in [5.74, 6) is -1.93. The van der Waals surface area contributed by atoms with Crippen molar-refractivity contribution in [1.82, 2.24) is 9.80 Å². The molecule has 1 heterocycles. The van der Waals surface area contributed by atoms with E-state index in [1.165, 1.54) is 0 Å². The molecule has 7 nitrogen and oxygen atoms in total. The smallest absolute Gasteiger partial charge is 0.409 e. The fourth-order valence-corrected chi connectivity index (χ4v) is 3.28. The van der Waals surface area contributed by atoms with Crippen molar-refractivity contribution in [2.24, 2.45) is 11.8 Å². The largest absolute Gasteiger partial charge is 0.481 e. The van der Waals surface area contributed by atoms with E-state index in [0.717, 1.165) is 12.8 Å². The number of hydrogen-bond donors (Lipinski definition) is 1. The van der Waals surface area contributed by atoms with Gasteiger partial charge >= 0.3 is 12.1 Å². The molecule has 2 fully saturated rings. The standard InChI is InChI=1S/C15H24N2O5/c1-2-22-15(21)17-9-7-16(8-10-17)13(18)11-5-3-4-6-12(11)14(19)20/h11-12H,2-10H2,1H3,(H,19,20)/t11-,12+/m1/s1. The van der Waals surface area contributed by atoms with E-state index in [9.17, 15) is 19.5 Å². The summed E-state index contributed by atoms with van der Waals surface area (Å²) in [6.45, 7) is 3.86. The molecule has 0 aromatic rings. The van der Waals surface area contributed by atoms with E-state index in [4.69, 9.17) is 4.74 Å². The van der Waals surface area contributed by atoms with E-state index in [0.29, 0.717) is 45.6 Å². The molecule has 0 spiro atoms. The molecule has 2 amide bonds. The highest BCUT2D eigenvalue weighted by molar-refractivity contribution is 5.85. The quantitative estimate of drug-likeness (QED) is 0.845. The van der Waals surface area contributed by atoms with E-state index < -0.39 is 17.8 Å². The van der Waals surface area contributed by atoms with Crippen LogP contribution in [0.15, 0.2) is 0 Å². The number of carboxylic acid groups (broad SMARTS) is 1. The molecule has 22 heavy (non-hydrogen) atoms. The van der Waals surface area contributed by atoms with Crippen molar-refractivity contribution in [3.05, 3.63) is 0 Å². The van der Waals surface area contributed by atoms with Crippen LogP contribution in [0.25, 0.3) is 0 Å². The fourth-order valence-electron chi connectivity index (χ4n) is 3.28. The molecule has 1 aliphatic heterocycles. The zero-order chi connectivity index (χ0) is 16.1. The van der Waals surface area contributed by atoms with Crippen molar-refractivity contribution in [3.63, 3.8) is 0 Å². The van der Waals surface area contributed by atoms with Gasteiger partial charge in [-0.3, -0.25) is 9.59 Å². The second-order valence-corrected chi connectivity index (χ2v) is 5.85. The summed E-state index contributed by atoms with van der Waals surface area (Å²) in [7, 11) is 0. The first-order valence-corrected chi connectivity index (χ1v) is 7.98. The van der Waals surface area contributed by atoms with Crippen molar-refractivity contribution < 1.29 is 24.2 Å². The molecule has 0 radical (unpaired) electrons. The van der Waals surface area contributed by atoms with Crippen LogP contribution in [-0.4, -0.2) is 65.7 Å². The van der Waals surface area contributed by atoms with Crippen molar-refractivity contribution in [2.45, 2.75) is 32.6 Å². The maximum Gasteiger partial charge on any atom is 0.409 e. The van der Waals surface area contributed by atoms with Gasteiger partial charge in [0.15, 0.2) is 0 Å². The third-order valence-corrected chi connectivity index (χ3v) is 4.52. The predicted octanol–water partition coefficient (Wildman–Crippen LogP) is 1.18. The highest BCUT2D eigenvalue weighted by Crippen LogP contribution is 2.32. The van der Waals surface area contributed by atoms with E-state index >= 15 is 0 Å². The Balaban J connectivity index is 1.91. The Kier molecular flexibility index (Phi) is 5.63. The topological polar surface area (TPSA) is 87.2 Å². The summed E-state index contributed by atoms with van der Waals surface area (Å²) in [6, 6.07) is 0. The van der Waals surface area contributed by atoms with Gasteiger partial charge in [-0.2, -0.15) is 0 Å². The van der Waals surface area contributed by atoms with Crippen LogP contribution in [0.2, 0.25) is 0 Å². The Morgan fingerprint density at radius 3 is 2.09 bits per heavy atom. The molecular formula is C15H24N2O5. The molecule has 0 bridgehead atoms. The van der Waals surface area contributed by atoms with Crippen molar-refractivity contribution in [1.29, 1.82) is 0 Å². The second kappa shape index (κ2) is 7.47. The van der Waals surface area contributed by atoms with E-state index in [1.54, 1.807) is 16.7 Å². The molecule has 2 atom stereocenters. The average Bonchev–Trinajstić information content (AvgIpc) is 2.54. The summed E-state index contributed by atoms with van der Waals surface area (Å²) < 4.78 is 4.95. The molecule has 124 valence electrons. The number of carbonyl (C=O) groups excluding carboxylic acids is 2. The first-order valence-electron chi connectivity index (χ1n) is 7.98. The van der Waals surface area contributed by atoms with E-state index in [1.807, 2.05) is 0 Å². The minimum Gasteiger partial charge on any atom is -0.481 e. The maximum atomic E-state index is 12.6. The SMILES string of the molecule is CCOC(=O)N1CCN(C(=O)[C@@H]2CCCC[C@@H]2C(=O)O)CC1. The minimum atomic E-state index is -0.872. The lowest BCUT2D eigenvalue weighted by molar-refractivity contribution is -0.153. The highest BCUT2D eigenvalue weighted by atomic mass is 16.6. The van der Waals surface area contributed by atoms with Gasteiger partial charge in [0.1, 0.15) is 0 Å². The summed E-state index contributed by atoms with van der Waals surface area (Å²) in [5, 5.41) is 9.29. The Hall–Kier alpha value is -1.79. The van der Waals surface area contributed by atoms with Gasteiger partial charge in [-0.25, -0.2) is 4.79 Å². The molecule has 1 aliphatic carbocycles. The van der Waals surface area contributed by atoms with Crippen LogP contribution in [0, 0.1) is 11.8 Å². The molecule has 1 saturated heterocycles. The number of carbonyl (C=O) groups is 3. The summed E-state index contributed by atoms with van der Waals surface area (Å²) >= 11 is 0. The lowest BCUT2D eigenvalue weighted by Gasteiger charge is -2.38. The van der Waals surface area contributed by atoms with Gasteiger partial charge in [0, 0.05) is 26.2 Å². The molecule has 0 unspecified atom stereocenters. The number of ether oxygens (including phenoxy) is 1. The fraction of sp³-hybridized carbons (Fsp3) is 0.800. The van der Waals surface area contributed by atoms with E-state index in [-0.39, 0.29) is 12.0 Å². The first-order chi connectivity index (χ1) is 10.5. The van der Waals surface area contributed by atoms with Crippen molar-refractivity contribution >= 4 is 18.0 Å². The third-order valence-electron chi connectivity index (χ3n) is 4.52. The van der Waals surface area contributed by atoms with Gasteiger partial charge in [-0.05, 0) is 19.8 Å². The van der Waals surface area contributed by atoms with Crippen LogP contribution in [0.1, 0.15) is 32.6 Å². The van der Waals surface area contributed by atoms with Crippen LogP contribution in [0.5, 0.6) is 0 Å². The van der Waals surface area contributed by atoms with Crippen molar-refractivity contribution in [3.8, 4) is 0 Å². The summed E-state index contributed by atoms with van der Waals surface area (Å²) in [6.07, 6.45) is 2.65. The normalized spacial score (nSPS) is 25.7. The van der Waals surface area contributed by atoms with Crippen molar-refractivity contribution in [2.75, 3.05) is 32.8 Å². The Morgan fingerprint density at radius 1 is 1.00 bits per heavy atom. The van der Waals surface area contributed by atoms with E-state index in [2.05, 4.69) is 0 Å². The monoisotopic (exact) mass is 312 g/mol.